The predicted molar refractivity (Wildman–Crippen MR) is 118 cm³/mol. The van der Waals surface area contributed by atoms with Crippen molar-refractivity contribution >= 4 is 17.5 Å². The Kier molecular flexibility index (Phi) is 6.96. The van der Waals surface area contributed by atoms with Gasteiger partial charge in [0.25, 0.3) is 0 Å². The molecule has 2 aliphatic rings. The SMILES string of the molecule is CC(C)CC(=O)N1CCC2(CC1)CC(C(=O)N(C)C)N(c1ccc(C#N)c(C(F)(F)F)c1)C2. The summed E-state index contributed by atoms with van der Waals surface area (Å²) in [6.07, 6.45) is -2.24. The van der Waals surface area contributed by atoms with Crippen LogP contribution in [0.2, 0.25) is 0 Å². The summed E-state index contributed by atoms with van der Waals surface area (Å²) in [7, 11) is 3.28. The van der Waals surface area contributed by atoms with Gasteiger partial charge in [-0.15, -0.1) is 0 Å². The van der Waals surface area contributed by atoms with E-state index in [0.717, 1.165) is 6.07 Å². The fraction of sp³-hybridized carbons (Fsp3) is 0.625. The van der Waals surface area contributed by atoms with Crippen LogP contribution in [-0.2, 0) is 15.8 Å². The van der Waals surface area contributed by atoms with Crippen molar-refractivity contribution in [3.63, 3.8) is 0 Å². The van der Waals surface area contributed by atoms with Crippen molar-refractivity contribution in [3.05, 3.63) is 29.3 Å². The highest BCUT2D eigenvalue weighted by Crippen LogP contribution is 2.46. The van der Waals surface area contributed by atoms with Crippen LogP contribution in [0.1, 0.15) is 50.7 Å². The van der Waals surface area contributed by atoms with Gasteiger partial charge in [-0.1, -0.05) is 13.8 Å². The first-order chi connectivity index (χ1) is 15.4. The summed E-state index contributed by atoms with van der Waals surface area (Å²) in [6.45, 7) is 5.62. The second-order valence-electron chi connectivity index (χ2n) is 9.90. The Bertz CT molecular complexity index is 944. The second kappa shape index (κ2) is 9.24. The molecule has 33 heavy (non-hydrogen) atoms. The third kappa shape index (κ3) is 5.26. The maximum atomic E-state index is 13.6. The topological polar surface area (TPSA) is 67.7 Å². The van der Waals surface area contributed by atoms with Gasteiger partial charge in [0.15, 0.2) is 0 Å². The van der Waals surface area contributed by atoms with Crippen LogP contribution < -0.4 is 4.90 Å². The number of hydrogen-bond donors (Lipinski definition) is 0. The van der Waals surface area contributed by atoms with Crippen LogP contribution in [0.5, 0.6) is 0 Å². The molecule has 1 aromatic rings. The highest BCUT2D eigenvalue weighted by atomic mass is 19.4. The summed E-state index contributed by atoms with van der Waals surface area (Å²) in [4.78, 5) is 30.6. The van der Waals surface area contributed by atoms with Crippen molar-refractivity contribution in [2.45, 2.75) is 51.7 Å². The Hall–Kier alpha value is -2.76. The smallest absolute Gasteiger partial charge is 0.359 e. The van der Waals surface area contributed by atoms with E-state index in [2.05, 4.69) is 0 Å². The zero-order valence-electron chi connectivity index (χ0n) is 19.6. The lowest BCUT2D eigenvalue weighted by Crippen LogP contribution is -2.44. The number of likely N-dealkylation sites (tertiary alicyclic amines) is 1. The number of carbonyl (C=O) groups is 2. The van der Waals surface area contributed by atoms with E-state index in [1.54, 1.807) is 25.1 Å². The molecular formula is C24H31F3N4O2. The van der Waals surface area contributed by atoms with Crippen molar-refractivity contribution < 1.29 is 22.8 Å². The first-order valence-corrected chi connectivity index (χ1v) is 11.2. The molecule has 1 atom stereocenters. The molecule has 0 bridgehead atoms. The number of likely N-dealkylation sites (N-methyl/N-ethyl adjacent to an activating group) is 1. The summed E-state index contributed by atoms with van der Waals surface area (Å²) in [5, 5.41) is 9.12. The summed E-state index contributed by atoms with van der Waals surface area (Å²) < 4.78 is 40.7. The number of benzene rings is 1. The highest BCUT2D eigenvalue weighted by molar-refractivity contribution is 5.86. The lowest BCUT2D eigenvalue weighted by molar-refractivity contribution is -0.137. The number of hydrogen-bond acceptors (Lipinski definition) is 4. The van der Waals surface area contributed by atoms with Gasteiger partial charge in [-0.3, -0.25) is 9.59 Å². The average molecular weight is 465 g/mol. The van der Waals surface area contributed by atoms with E-state index in [4.69, 9.17) is 5.26 Å². The van der Waals surface area contributed by atoms with E-state index in [9.17, 15) is 22.8 Å². The lowest BCUT2D eigenvalue weighted by Gasteiger charge is -2.39. The molecule has 0 aromatic heterocycles. The molecule has 2 saturated heterocycles. The molecule has 0 saturated carbocycles. The average Bonchev–Trinajstić information content (AvgIpc) is 3.10. The Morgan fingerprint density at radius 2 is 1.88 bits per heavy atom. The monoisotopic (exact) mass is 464 g/mol. The molecule has 6 nitrogen and oxygen atoms in total. The predicted octanol–water partition coefficient (Wildman–Crippen LogP) is 3.90. The number of anilines is 1. The fourth-order valence-electron chi connectivity index (χ4n) is 4.96. The summed E-state index contributed by atoms with van der Waals surface area (Å²) >= 11 is 0. The number of rotatable bonds is 4. The number of piperidine rings is 1. The van der Waals surface area contributed by atoms with Gasteiger partial charge in [-0.2, -0.15) is 18.4 Å². The van der Waals surface area contributed by atoms with Crippen molar-refractivity contribution in [2.75, 3.05) is 38.6 Å². The van der Waals surface area contributed by atoms with Crippen LogP contribution >= 0.6 is 0 Å². The maximum Gasteiger partial charge on any atom is 0.417 e. The minimum atomic E-state index is -4.67. The van der Waals surface area contributed by atoms with Crippen LogP contribution in [0.4, 0.5) is 18.9 Å². The van der Waals surface area contributed by atoms with Crippen molar-refractivity contribution in [1.82, 2.24) is 9.80 Å². The Morgan fingerprint density at radius 3 is 2.39 bits per heavy atom. The summed E-state index contributed by atoms with van der Waals surface area (Å²) in [5.41, 5.74) is -1.39. The third-order valence-electron chi connectivity index (χ3n) is 6.75. The van der Waals surface area contributed by atoms with Crippen LogP contribution in [-0.4, -0.2) is 61.4 Å². The molecule has 2 heterocycles. The molecule has 2 fully saturated rings. The van der Waals surface area contributed by atoms with Gasteiger partial charge in [0.1, 0.15) is 6.04 Å². The third-order valence-corrected chi connectivity index (χ3v) is 6.75. The van der Waals surface area contributed by atoms with Gasteiger partial charge in [0.2, 0.25) is 11.8 Å². The Balaban J connectivity index is 1.89. The summed E-state index contributed by atoms with van der Waals surface area (Å²) in [5.74, 6) is 0.234. The van der Waals surface area contributed by atoms with Crippen molar-refractivity contribution in [3.8, 4) is 6.07 Å². The molecule has 2 aliphatic heterocycles. The number of amides is 2. The molecule has 0 aliphatic carbocycles. The van der Waals surface area contributed by atoms with Gasteiger partial charge in [0, 0.05) is 45.8 Å². The van der Waals surface area contributed by atoms with Crippen LogP contribution in [0.25, 0.3) is 0 Å². The van der Waals surface area contributed by atoms with Crippen LogP contribution in [0.15, 0.2) is 18.2 Å². The first-order valence-electron chi connectivity index (χ1n) is 11.2. The van der Waals surface area contributed by atoms with E-state index in [1.807, 2.05) is 18.7 Å². The Labute approximate surface area is 192 Å². The van der Waals surface area contributed by atoms with Gasteiger partial charge >= 0.3 is 6.18 Å². The molecule has 3 rings (SSSR count). The van der Waals surface area contributed by atoms with Gasteiger partial charge < -0.3 is 14.7 Å². The van der Waals surface area contributed by atoms with Gasteiger partial charge in [-0.25, -0.2) is 0 Å². The van der Waals surface area contributed by atoms with Crippen LogP contribution in [0, 0.1) is 22.7 Å². The molecule has 1 unspecified atom stereocenters. The highest BCUT2D eigenvalue weighted by Gasteiger charge is 2.49. The molecule has 9 heteroatoms. The van der Waals surface area contributed by atoms with Crippen molar-refractivity contribution in [2.24, 2.45) is 11.3 Å². The molecule has 0 N–H and O–H groups in total. The molecule has 0 radical (unpaired) electrons. The molecule has 1 aromatic carbocycles. The maximum absolute atomic E-state index is 13.6. The molecule has 1 spiro atoms. The molecule has 180 valence electrons. The summed E-state index contributed by atoms with van der Waals surface area (Å²) in [6, 6.07) is 4.66. The number of halogens is 3. The van der Waals surface area contributed by atoms with E-state index in [1.165, 1.54) is 17.0 Å². The van der Waals surface area contributed by atoms with E-state index in [-0.39, 0.29) is 28.8 Å². The molecule has 2 amide bonds. The Morgan fingerprint density at radius 1 is 1.24 bits per heavy atom. The van der Waals surface area contributed by atoms with E-state index >= 15 is 0 Å². The second-order valence-corrected chi connectivity index (χ2v) is 9.90. The molecular weight excluding hydrogens is 433 g/mol. The fourth-order valence-corrected chi connectivity index (χ4v) is 4.96. The first kappa shape index (κ1) is 24.9. The number of carbonyl (C=O) groups excluding carboxylic acids is 2. The number of alkyl halides is 3. The number of nitrogens with zero attached hydrogens (tertiary/aromatic N) is 4. The zero-order chi connectivity index (χ0) is 24.6. The minimum absolute atomic E-state index is 0.123. The lowest BCUT2D eigenvalue weighted by atomic mass is 9.76. The quantitative estimate of drug-likeness (QED) is 0.678. The minimum Gasteiger partial charge on any atom is -0.359 e. The zero-order valence-corrected chi connectivity index (χ0v) is 19.6. The van der Waals surface area contributed by atoms with Gasteiger partial charge in [0.05, 0.1) is 17.2 Å². The standard InChI is InChI=1S/C24H31F3N4O2/c1-16(2)11-21(32)30-9-7-23(8-10-30)13-20(22(33)29(3)4)31(15-23)18-6-5-17(14-28)19(12-18)24(25,26)27/h5-6,12,16,20H,7-11,13,15H2,1-4H3. The van der Waals surface area contributed by atoms with E-state index in [0.29, 0.717) is 45.3 Å². The van der Waals surface area contributed by atoms with E-state index < -0.39 is 23.3 Å². The van der Waals surface area contributed by atoms with Crippen molar-refractivity contribution in [1.29, 1.82) is 5.26 Å². The van der Waals surface area contributed by atoms with Gasteiger partial charge in [-0.05, 0) is 48.8 Å². The normalized spacial score (nSPS) is 20.3. The van der Waals surface area contributed by atoms with Crippen LogP contribution in [0.3, 0.4) is 0 Å². The number of nitriles is 1. The largest absolute Gasteiger partial charge is 0.417 e.